The number of aromatic nitrogens is 2. The van der Waals surface area contributed by atoms with E-state index in [9.17, 15) is 5.11 Å². The molecule has 3 rings (SSSR count). The molecule has 1 aromatic heterocycles. The van der Waals surface area contributed by atoms with Gasteiger partial charge in [-0.2, -0.15) is 0 Å². The second-order valence-electron chi connectivity index (χ2n) is 4.41. The fourth-order valence-electron chi connectivity index (χ4n) is 2.14. The van der Waals surface area contributed by atoms with Crippen molar-refractivity contribution >= 4 is 5.82 Å². The zero-order chi connectivity index (χ0) is 13.1. The zero-order valence-electron chi connectivity index (χ0n) is 10.5. The highest BCUT2D eigenvalue weighted by atomic mass is 16.5. The zero-order valence-corrected chi connectivity index (χ0v) is 10.5. The Balaban J connectivity index is 1.91. The first-order valence-electron chi connectivity index (χ1n) is 6.27. The fourth-order valence-corrected chi connectivity index (χ4v) is 2.14. The average Bonchev–Trinajstić information content (AvgIpc) is 2.48. The van der Waals surface area contributed by atoms with E-state index in [1.165, 1.54) is 0 Å². The van der Waals surface area contributed by atoms with Gasteiger partial charge in [0.2, 0.25) is 0 Å². The largest absolute Gasteiger partial charge is 0.508 e. The van der Waals surface area contributed by atoms with Crippen LogP contribution in [0.4, 0.5) is 5.82 Å². The van der Waals surface area contributed by atoms with Crippen molar-refractivity contribution in [1.82, 2.24) is 9.97 Å². The van der Waals surface area contributed by atoms with E-state index in [4.69, 9.17) is 4.74 Å². The third-order valence-electron chi connectivity index (χ3n) is 3.13. The highest BCUT2D eigenvalue weighted by molar-refractivity contribution is 5.64. The van der Waals surface area contributed by atoms with E-state index in [0.717, 1.165) is 43.4 Å². The SMILES string of the molecule is Oc1cccc(-c2cc(N3CCOCC3)ncn2)c1. The number of benzene rings is 1. The predicted molar refractivity (Wildman–Crippen MR) is 72.2 cm³/mol. The minimum Gasteiger partial charge on any atom is -0.508 e. The molecule has 1 aliphatic heterocycles. The number of hydrogen-bond donors (Lipinski definition) is 1. The van der Waals surface area contributed by atoms with Gasteiger partial charge in [-0.15, -0.1) is 0 Å². The summed E-state index contributed by atoms with van der Waals surface area (Å²) in [6.45, 7) is 3.14. The van der Waals surface area contributed by atoms with Crippen molar-refractivity contribution in [1.29, 1.82) is 0 Å². The van der Waals surface area contributed by atoms with Crippen LogP contribution in [0.3, 0.4) is 0 Å². The van der Waals surface area contributed by atoms with Gasteiger partial charge >= 0.3 is 0 Å². The predicted octanol–water partition coefficient (Wildman–Crippen LogP) is 1.69. The van der Waals surface area contributed by atoms with Crippen molar-refractivity contribution in [2.75, 3.05) is 31.2 Å². The van der Waals surface area contributed by atoms with Gasteiger partial charge in [-0.05, 0) is 12.1 Å². The standard InChI is InChI=1S/C14H15N3O2/c18-12-3-1-2-11(8-12)13-9-14(16-10-15-13)17-4-6-19-7-5-17/h1-3,8-10,18H,4-7H2. The van der Waals surface area contributed by atoms with E-state index in [0.29, 0.717) is 0 Å². The molecule has 0 unspecified atom stereocenters. The van der Waals surface area contributed by atoms with E-state index in [2.05, 4.69) is 14.9 Å². The van der Waals surface area contributed by atoms with Crippen LogP contribution in [-0.2, 0) is 4.74 Å². The van der Waals surface area contributed by atoms with Crippen LogP contribution in [0, 0.1) is 0 Å². The lowest BCUT2D eigenvalue weighted by Crippen LogP contribution is -2.36. The Labute approximate surface area is 111 Å². The molecule has 0 spiro atoms. The van der Waals surface area contributed by atoms with Crippen LogP contribution in [0.5, 0.6) is 5.75 Å². The summed E-state index contributed by atoms with van der Waals surface area (Å²) in [5.74, 6) is 1.14. The summed E-state index contributed by atoms with van der Waals surface area (Å²) < 4.78 is 5.33. The number of nitrogens with zero attached hydrogens (tertiary/aromatic N) is 3. The number of anilines is 1. The van der Waals surface area contributed by atoms with Crippen molar-refractivity contribution < 1.29 is 9.84 Å². The van der Waals surface area contributed by atoms with Crippen LogP contribution in [0.2, 0.25) is 0 Å². The number of rotatable bonds is 2. The number of hydrogen-bond acceptors (Lipinski definition) is 5. The Morgan fingerprint density at radius 3 is 2.74 bits per heavy atom. The summed E-state index contributed by atoms with van der Waals surface area (Å²) >= 11 is 0. The summed E-state index contributed by atoms with van der Waals surface area (Å²) in [4.78, 5) is 10.8. The smallest absolute Gasteiger partial charge is 0.132 e. The lowest BCUT2D eigenvalue weighted by Gasteiger charge is -2.27. The van der Waals surface area contributed by atoms with E-state index in [1.54, 1.807) is 24.5 Å². The first-order valence-corrected chi connectivity index (χ1v) is 6.27. The number of morpholine rings is 1. The summed E-state index contributed by atoms with van der Waals surface area (Å²) in [5, 5.41) is 9.52. The van der Waals surface area contributed by atoms with Gasteiger partial charge in [0.25, 0.3) is 0 Å². The molecule has 1 N–H and O–H groups in total. The van der Waals surface area contributed by atoms with Gasteiger partial charge in [0.1, 0.15) is 17.9 Å². The van der Waals surface area contributed by atoms with Gasteiger partial charge < -0.3 is 14.7 Å². The molecule has 19 heavy (non-hydrogen) atoms. The van der Waals surface area contributed by atoms with E-state index < -0.39 is 0 Å². The Morgan fingerprint density at radius 1 is 1.11 bits per heavy atom. The second kappa shape index (κ2) is 5.24. The Morgan fingerprint density at radius 2 is 1.95 bits per heavy atom. The van der Waals surface area contributed by atoms with Gasteiger partial charge in [0.05, 0.1) is 18.9 Å². The van der Waals surface area contributed by atoms with Gasteiger partial charge in [-0.25, -0.2) is 9.97 Å². The summed E-state index contributed by atoms with van der Waals surface area (Å²) in [5.41, 5.74) is 1.70. The van der Waals surface area contributed by atoms with Crippen LogP contribution in [0.15, 0.2) is 36.7 Å². The number of phenols is 1. The van der Waals surface area contributed by atoms with Crippen LogP contribution >= 0.6 is 0 Å². The maximum absolute atomic E-state index is 9.52. The molecule has 0 aliphatic carbocycles. The van der Waals surface area contributed by atoms with Gasteiger partial charge in [-0.3, -0.25) is 0 Å². The molecule has 1 saturated heterocycles. The molecule has 1 aromatic carbocycles. The van der Waals surface area contributed by atoms with Gasteiger partial charge in [0.15, 0.2) is 0 Å². The van der Waals surface area contributed by atoms with Crippen molar-refractivity contribution in [2.24, 2.45) is 0 Å². The summed E-state index contributed by atoms with van der Waals surface area (Å²) in [7, 11) is 0. The molecule has 0 saturated carbocycles. The Bertz CT molecular complexity index is 568. The van der Waals surface area contributed by atoms with Crippen LogP contribution in [0.25, 0.3) is 11.3 Å². The first-order chi connectivity index (χ1) is 9.33. The molecule has 0 amide bonds. The molecule has 2 aromatic rings. The highest BCUT2D eigenvalue weighted by Crippen LogP contribution is 2.24. The minimum atomic E-state index is 0.240. The first kappa shape index (κ1) is 11.9. The molecule has 5 nitrogen and oxygen atoms in total. The van der Waals surface area contributed by atoms with Crippen molar-refractivity contribution in [3.05, 3.63) is 36.7 Å². The number of ether oxygens (including phenoxy) is 1. The minimum absolute atomic E-state index is 0.240. The van der Waals surface area contributed by atoms with Gasteiger partial charge in [-0.1, -0.05) is 12.1 Å². The quantitative estimate of drug-likeness (QED) is 0.887. The fraction of sp³-hybridized carbons (Fsp3) is 0.286. The molecular weight excluding hydrogens is 242 g/mol. The van der Waals surface area contributed by atoms with Crippen LogP contribution in [0.1, 0.15) is 0 Å². The molecular formula is C14H15N3O2. The van der Waals surface area contributed by atoms with E-state index >= 15 is 0 Å². The Hall–Kier alpha value is -2.14. The molecule has 1 fully saturated rings. The maximum Gasteiger partial charge on any atom is 0.132 e. The lowest BCUT2D eigenvalue weighted by atomic mass is 10.1. The molecule has 2 heterocycles. The molecule has 98 valence electrons. The van der Waals surface area contributed by atoms with Crippen molar-refractivity contribution in [3.63, 3.8) is 0 Å². The average molecular weight is 257 g/mol. The third-order valence-corrected chi connectivity index (χ3v) is 3.13. The normalized spacial score (nSPS) is 15.5. The van der Waals surface area contributed by atoms with Crippen LogP contribution in [-0.4, -0.2) is 41.4 Å². The molecule has 0 atom stereocenters. The summed E-state index contributed by atoms with van der Waals surface area (Å²) in [6, 6.07) is 9.02. The Kier molecular flexibility index (Phi) is 3.29. The monoisotopic (exact) mass is 257 g/mol. The maximum atomic E-state index is 9.52. The molecule has 0 bridgehead atoms. The lowest BCUT2D eigenvalue weighted by molar-refractivity contribution is 0.122. The molecule has 5 heteroatoms. The number of phenolic OH excluding ortho intramolecular Hbond substituents is 1. The van der Waals surface area contributed by atoms with E-state index in [-0.39, 0.29) is 5.75 Å². The topological polar surface area (TPSA) is 58.5 Å². The highest BCUT2D eigenvalue weighted by Gasteiger charge is 2.13. The number of aromatic hydroxyl groups is 1. The van der Waals surface area contributed by atoms with Gasteiger partial charge in [0, 0.05) is 24.7 Å². The van der Waals surface area contributed by atoms with E-state index in [1.807, 2.05) is 12.1 Å². The molecule has 0 radical (unpaired) electrons. The molecule has 1 aliphatic rings. The second-order valence-corrected chi connectivity index (χ2v) is 4.41. The van der Waals surface area contributed by atoms with Crippen molar-refractivity contribution in [3.8, 4) is 17.0 Å². The summed E-state index contributed by atoms with van der Waals surface area (Å²) in [6.07, 6.45) is 1.56. The third kappa shape index (κ3) is 2.66. The van der Waals surface area contributed by atoms with Crippen LogP contribution < -0.4 is 4.90 Å². The van der Waals surface area contributed by atoms with Crippen molar-refractivity contribution in [2.45, 2.75) is 0 Å².